The number of nitrogens with two attached hydrogens (primary N) is 1. The molecule has 1 fully saturated rings. The predicted octanol–water partition coefficient (Wildman–Crippen LogP) is 0.737. The van der Waals surface area contributed by atoms with Crippen LogP contribution >= 0.6 is 0 Å². The summed E-state index contributed by atoms with van der Waals surface area (Å²) >= 11 is 0. The monoisotopic (exact) mass is 222 g/mol. The van der Waals surface area contributed by atoms with Gasteiger partial charge in [-0.1, -0.05) is 0 Å². The van der Waals surface area contributed by atoms with Gasteiger partial charge in [0, 0.05) is 18.3 Å². The van der Waals surface area contributed by atoms with Crippen molar-refractivity contribution < 1.29 is 14.3 Å². The van der Waals surface area contributed by atoms with Gasteiger partial charge in [-0.2, -0.15) is 0 Å². The molecule has 0 atom stereocenters. The van der Waals surface area contributed by atoms with E-state index < -0.39 is 5.97 Å². The highest BCUT2D eigenvalue weighted by Gasteiger charge is 2.28. The number of hydrogen-bond acceptors (Lipinski definition) is 5. The molecule has 1 heterocycles. The molecule has 0 aromatic carbocycles. The van der Waals surface area contributed by atoms with Crippen LogP contribution in [0.3, 0.4) is 0 Å². The summed E-state index contributed by atoms with van der Waals surface area (Å²) in [5.41, 5.74) is 6.09. The molecule has 2 N–H and O–H groups in total. The number of aromatic nitrogens is 1. The van der Waals surface area contributed by atoms with Crippen molar-refractivity contribution in [2.24, 2.45) is 5.73 Å². The lowest BCUT2D eigenvalue weighted by Crippen LogP contribution is -2.43. The normalized spacial score (nSPS) is 23.4. The predicted molar refractivity (Wildman–Crippen MR) is 57.2 cm³/mol. The maximum atomic E-state index is 11.3. The maximum absolute atomic E-state index is 11.3. The highest BCUT2D eigenvalue weighted by Crippen LogP contribution is 2.23. The van der Waals surface area contributed by atoms with Gasteiger partial charge in [-0.3, -0.25) is 0 Å². The third-order valence-electron chi connectivity index (χ3n) is 2.57. The number of pyridine rings is 1. The molecule has 5 nitrogen and oxygen atoms in total. The van der Waals surface area contributed by atoms with Crippen LogP contribution in [-0.2, 0) is 4.74 Å². The van der Waals surface area contributed by atoms with Crippen molar-refractivity contribution in [2.45, 2.75) is 25.0 Å². The first-order valence-electron chi connectivity index (χ1n) is 5.15. The molecular weight excluding hydrogens is 208 g/mol. The second-order valence-corrected chi connectivity index (χ2v) is 3.85. The second kappa shape index (κ2) is 4.49. The first kappa shape index (κ1) is 10.9. The Labute approximate surface area is 93.6 Å². The lowest BCUT2D eigenvalue weighted by atomic mass is 9.90. The molecule has 0 aliphatic heterocycles. The van der Waals surface area contributed by atoms with Crippen molar-refractivity contribution >= 4 is 5.97 Å². The van der Waals surface area contributed by atoms with Gasteiger partial charge in [-0.05, 0) is 18.9 Å². The van der Waals surface area contributed by atoms with Crippen molar-refractivity contribution in [3.05, 3.63) is 23.9 Å². The zero-order valence-corrected chi connectivity index (χ0v) is 9.05. The summed E-state index contributed by atoms with van der Waals surface area (Å²) in [5.74, 6) is 0.0531. The van der Waals surface area contributed by atoms with E-state index >= 15 is 0 Å². The lowest BCUT2D eigenvalue weighted by molar-refractivity contribution is 0.0597. The van der Waals surface area contributed by atoms with Gasteiger partial charge in [-0.25, -0.2) is 9.78 Å². The molecule has 0 radical (unpaired) electrons. The largest absolute Gasteiger partial charge is 0.474 e. The number of rotatable bonds is 3. The van der Waals surface area contributed by atoms with E-state index in [0.717, 1.165) is 12.8 Å². The minimum atomic E-state index is -0.391. The standard InChI is InChI=1S/C11H14N2O3/c1-15-11(14)7-2-3-13-10(4-7)16-9-5-8(12)6-9/h2-4,8-9H,5-6,12H2,1H3. The van der Waals surface area contributed by atoms with Crippen LogP contribution in [0.15, 0.2) is 18.3 Å². The summed E-state index contributed by atoms with van der Waals surface area (Å²) < 4.78 is 10.2. The van der Waals surface area contributed by atoms with Gasteiger partial charge in [0.05, 0.1) is 12.7 Å². The van der Waals surface area contributed by atoms with E-state index in [-0.39, 0.29) is 12.1 Å². The molecule has 1 aliphatic rings. The van der Waals surface area contributed by atoms with E-state index in [2.05, 4.69) is 9.72 Å². The Morgan fingerprint density at radius 1 is 1.56 bits per heavy atom. The quantitative estimate of drug-likeness (QED) is 0.763. The van der Waals surface area contributed by atoms with E-state index in [1.165, 1.54) is 13.3 Å². The van der Waals surface area contributed by atoms with Crippen molar-refractivity contribution in [3.63, 3.8) is 0 Å². The first-order valence-corrected chi connectivity index (χ1v) is 5.15. The van der Waals surface area contributed by atoms with Crippen molar-refractivity contribution in [1.29, 1.82) is 0 Å². The Kier molecular flexibility index (Phi) is 3.05. The van der Waals surface area contributed by atoms with E-state index in [9.17, 15) is 4.79 Å². The number of ether oxygens (including phenoxy) is 2. The molecule has 0 unspecified atom stereocenters. The lowest BCUT2D eigenvalue weighted by Gasteiger charge is -2.32. The smallest absolute Gasteiger partial charge is 0.338 e. The summed E-state index contributed by atoms with van der Waals surface area (Å²) in [5, 5.41) is 0. The van der Waals surface area contributed by atoms with Crippen molar-refractivity contribution in [3.8, 4) is 5.88 Å². The molecule has 0 amide bonds. The fourth-order valence-electron chi connectivity index (χ4n) is 1.59. The molecule has 1 aliphatic carbocycles. The number of hydrogen-bond donors (Lipinski definition) is 1. The molecule has 1 aromatic heterocycles. The molecular formula is C11H14N2O3. The van der Waals surface area contributed by atoms with Crippen LogP contribution in [0.5, 0.6) is 5.88 Å². The number of methoxy groups -OCH3 is 1. The van der Waals surface area contributed by atoms with Crippen LogP contribution in [-0.4, -0.2) is 30.2 Å². The van der Waals surface area contributed by atoms with Crippen LogP contribution < -0.4 is 10.5 Å². The summed E-state index contributed by atoms with van der Waals surface area (Å²) in [6, 6.07) is 3.40. The van der Waals surface area contributed by atoms with Gasteiger partial charge in [-0.15, -0.1) is 0 Å². The summed E-state index contributed by atoms with van der Waals surface area (Å²) in [6.45, 7) is 0. The highest BCUT2D eigenvalue weighted by atomic mass is 16.5. The average molecular weight is 222 g/mol. The minimum Gasteiger partial charge on any atom is -0.474 e. The van der Waals surface area contributed by atoms with Gasteiger partial charge in [0.1, 0.15) is 6.10 Å². The zero-order valence-electron chi connectivity index (χ0n) is 9.05. The molecule has 0 bridgehead atoms. The summed E-state index contributed by atoms with van der Waals surface area (Å²) in [6.07, 6.45) is 3.32. The molecule has 1 saturated carbocycles. The molecule has 0 spiro atoms. The fraction of sp³-hybridized carbons (Fsp3) is 0.455. The van der Waals surface area contributed by atoms with Crippen LogP contribution in [0.25, 0.3) is 0 Å². The van der Waals surface area contributed by atoms with Crippen molar-refractivity contribution in [1.82, 2.24) is 4.98 Å². The number of esters is 1. The van der Waals surface area contributed by atoms with Gasteiger partial charge in [0.15, 0.2) is 0 Å². The third kappa shape index (κ3) is 2.30. The number of carbonyl (C=O) groups is 1. The Balaban J connectivity index is 2.02. The highest BCUT2D eigenvalue weighted by molar-refractivity contribution is 5.89. The molecule has 5 heteroatoms. The average Bonchev–Trinajstić information content (AvgIpc) is 2.26. The third-order valence-corrected chi connectivity index (χ3v) is 2.57. The summed E-state index contributed by atoms with van der Waals surface area (Å²) in [7, 11) is 1.34. The maximum Gasteiger partial charge on any atom is 0.338 e. The number of carbonyl (C=O) groups excluding carboxylic acids is 1. The topological polar surface area (TPSA) is 74.4 Å². The van der Waals surface area contributed by atoms with E-state index in [1.807, 2.05) is 0 Å². The van der Waals surface area contributed by atoms with Gasteiger partial charge >= 0.3 is 5.97 Å². The van der Waals surface area contributed by atoms with Crippen molar-refractivity contribution in [2.75, 3.05) is 7.11 Å². The zero-order chi connectivity index (χ0) is 11.5. The Morgan fingerprint density at radius 2 is 2.31 bits per heavy atom. The molecule has 2 rings (SSSR count). The molecule has 0 saturated heterocycles. The van der Waals surface area contributed by atoms with Crippen LogP contribution in [0, 0.1) is 0 Å². The van der Waals surface area contributed by atoms with Gasteiger partial charge in [0.2, 0.25) is 5.88 Å². The van der Waals surface area contributed by atoms with E-state index in [1.54, 1.807) is 12.1 Å². The van der Waals surface area contributed by atoms with Crippen LogP contribution in [0.4, 0.5) is 0 Å². The Bertz CT molecular complexity index is 389. The molecule has 1 aromatic rings. The Morgan fingerprint density at radius 3 is 2.94 bits per heavy atom. The Hall–Kier alpha value is -1.62. The molecule has 16 heavy (non-hydrogen) atoms. The SMILES string of the molecule is COC(=O)c1ccnc(OC2CC(N)C2)c1. The van der Waals surface area contributed by atoms with E-state index in [4.69, 9.17) is 10.5 Å². The molecule has 86 valence electrons. The van der Waals surface area contributed by atoms with Crippen LogP contribution in [0.2, 0.25) is 0 Å². The first-order chi connectivity index (χ1) is 7.69. The minimum absolute atomic E-state index is 0.121. The van der Waals surface area contributed by atoms with E-state index in [0.29, 0.717) is 11.4 Å². The van der Waals surface area contributed by atoms with Crippen LogP contribution in [0.1, 0.15) is 23.2 Å². The fourth-order valence-corrected chi connectivity index (χ4v) is 1.59. The summed E-state index contributed by atoms with van der Waals surface area (Å²) in [4.78, 5) is 15.3. The second-order valence-electron chi connectivity index (χ2n) is 3.85. The van der Waals surface area contributed by atoms with Gasteiger partial charge < -0.3 is 15.2 Å². The number of nitrogens with zero attached hydrogens (tertiary/aromatic N) is 1. The van der Waals surface area contributed by atoms with Gasteiger partial charge in [0.25, 0.3) is 0 Å².